The molecule has 0 aliphatic carbocycles. The summed E-state index contributed by atoms with van der Waals surface area (Å²) >= 11 is 13.0. The van der Waals surface area contributed by atoms with Crippen molar-refractivity contribution < 1.29 is 19.1 Å². The molecule has 0 aliphatic heterocycles. The lowest BCUT2D eigenvalue weighted by Gasteiger charge is -2.09. The number of esters is 2. The number of benzene rings is 1. The Morgan fingerprint density at radius 3 is 2.46 bits per heavy atom. The number of ether oxygens (including phenoxy) is 2. The molecular formula is C17H14Cl2N2O4S. The lowest BCUT2D eigenvalue weighted by Crippen LogP contribution is -2.12. The molecular weight excluding hydrogens is 399 g/mol. The Morgan fingerprint density at radius 2 is 1.88 bits per heavy atom. The summed E-state index contributed by atoms with van der Waals surface area (Å²) in [6.07, 6.45) is -0.144. The largest absolute Gasteiger partial charge is 0.462 e. The third-order valence-corrected chi connectivity index (χ3v) is 5.12. The minimum atomic E-state index is -0.620. The van der Waals surface area contributed by atoms with Crippen LogP contribution in [0.4, 0.5) is 5.00 Å². The van der Waals surface area contributed by atoms with Gasteiger partial charge in [-0.05, 0) is 19.1 Å². The van der Waals surface area contributed by atoms with Crippen LogP contribution < -0.4 is 5.73 Å². The van der Waals surface area contributed by atoms with Crippen molar-refractivity contribution in [2.45, 2.75) is 20.0 Å². The molecule has 0 aliphatic rings. The maximum absolute atomic E-state index is 12.1. The van der Waals surface area contributed by atoms with Gasteiger partial charge in [0.2, 0.25) is 0 Å². The topological polar surface area (TPSA) is 102 Å². The van der Waals surface area contributed by atoms with Crippen molar-refractivity contribution in [3.05, 3.63) is 49.8 Å². The Bertz CT molecular complexity index is 869. The van der Waals surface area contributed by atoms with Gasteiger partial charge in [0, 0.05) is 21.2 Å². The molecule has 0 saturated carbocycles. The Kier molecular flexibility index (Phi) is 6.86. The van der Waals surface area contributed by atoms with E-state index in [1.807, 2.05) is 6.07 Å². The standard InChI is InChI=1S/C17H14Cl2N2O4S/c1-2-24-17(23)15-11(10(7-20)16(21)26-15)8-25-14(22)6-9-12(18)4-3-5-13(9)19/h3-5H,2,6,8,21H2,1H3. The van der Waals surface area contributed by atoms with E-state index in [2.05, 4.69) is 0 Å². The van der Waals surface area contributed by atoms with Crippen LogP contribution >= 0.6 is 34.5 Å². The number of nitrogens with two attached hydrogens (primary N) is 1. The zero-order valence-electron chi connectivity index (χ0n) is 13.7. The van der Waals surface area contributed by atoms with Crippen molar-refractivity contribution >= 4 is 51.5 Å². The van der Waals surface area contributed by atoms with Gasteiger partial charge in [0.1, 0.15) is 22.6 Å². The van der Waals surface area contributed by atoms with Crippen molar-refractivity contribution in [2.24, 2.45) is 0 Å². The fourth-order valence-electron chi connectivity index (χ4n) is 2.16. The normalized spacial score (nSPS) is 10.2. The van der Waals surface area contributed by atoms with Crippen molar-refractivity contribution in [2.75, 3.05) is 12.3 Å². The number of carbonyl (C=O) groups is 2. The van der Waals surface area contributed by atoms with Crippen molar-refractivity contribution in [1.29, 1.82) is 5.26 Å². The molecule has 9 heteroatoms. The molecule has 1 aromatic carbocycles. The monoisotopic (exact) mass is 412 g/mol. The zero-order valence-corrected chi connectivity index (χ0v) is 16.0. The van der Waals surface area contributed by atoms with Gasteiger partial charge in [-0.2, -0.15) is 5.26 Å². The van der Waals surface area contributed by atoms with Gasteiger partial charge in [-0.25, -0.2) is 4.79 Å². The highest BCUT2D eigenvalue weighted by atomic mass is 35.5. The Morgan fingerprint density at radius 1 is 1.23 bits per heavy atom. The first-order valence-electron chi connectivity index (χ1n) is 7.45. The van der Waals surface area contributed by atoms with Crippen LogP contribution in [-0.2, 0) is 27.3 Å². The van der Waals surface area contributed by atoms with E-state index in [9.17, 15) is 14.9 Å². The number of hydrogen-bond acceptors (Lipinski definition) is 7. The second kappa shape index (κ2) is 8.90. The molecule has 0 fully saturated rings. The SMILES string of the molecule is CCOC(=O)c1sc(N)c(C#N)c1COC(=O)Cc1c(Cl)cccc1Cl. The van der Waals surface area contributed by atoms with E-state index < -0.39 is 11.9 Å². The first-order chi connectivity index (χ1) is 12.4. The number of anilines is 1. The van der Waals surface area contributed by atoms with E-state index in [0.29, 0.717) is 15.6 Å². The summed E-state index contributed by atoms with van der Waals surface area (Å²) in [6.45, 7) is 1.54. The smallest absolute Gasteiger partial charge is 0.348 e. The van der Waals surface area contributed by atoms with E-state index in [1.54, 1.807) is 25.1 Å². The molecule has 0 amide bonds. The number of nitrogen functional groups attached to an aromatic ring is 1. The highest BCUT2D eigenvalue weighted by molar-refractivity contribution is 7.18. The van der Waals surface area contributed by atoms with Gasteiger partial charge in [0.25, 0.3) is 0 Å². The number of carbonyl (C=O) groups excluding carboxylic acids is 2. The molecule has 0 bridgehead atoms. The average Bonchev–Trinajstić information content (AvgIpc) is 2.92. The molecule has 0 saturated heterocycles. The summed E-state index contributed by atoms with van der Waals surface area (Å²) in [6, 6.07) is 6.81. The molecule has 1 heterocycles. The summed E-state index contributed by atoms with van der Waals surface area (Å²) in [5.74, 6) is -1.23. The highest BCUT2D eigenvalue weighted by Gasteiger charge is 2.24. The van der Waals surface area contributed by atoms with Crippen LogP contribution in [0, 0.1) is 11.3 Å². The zero-order chi connectivity index (χ0) is 19.3. The lowest BCUT2D eigenvalue weighted by molar-refractivity contribution is -0.144. The number of thiophene rings is 1. The van der Waals surface area contributed by atoms with Crippen molar-refractivity contribution in [1.82, 2.24) is 0 Å². The Balaban J connectivity index is 2.17. The van der Waals surface area contributed by atoms with Crippen LogP contribution in [-0.4, -0.2) is 18.5 Å². The molecule has 2 aromatic rings. The number of hydrogen-bond donors (Lipinski definition) is 1. The summed E-state index contributed by atoms with van der Waals surface area (Å²) in [7, 11) is 0. The van der Waals surface area contributed by atoms with Gasteiger partial charge in [-0.15, -0.1) is 11.3 Å². The predicted octanol–water partition coefficient (Wildman–Crippen LogP) is 3.97. The number of halogens is 2. The van der Waals surface area contributed by atoms with E-state index >= 15 is 0 Å². The molecule has 1 aromatic heterocycles. The van der Waals surface area contributed by atoms with Gasteiger partial charge in [-0.1, -0.05) is 29.3 Å². The highest BCUT2D eigenvalue weighted by Crippen LogP contribution is 2.32. The number of nitrogens with zero attached hydrogens (tertiary/aromatic N) is 1. The van der Waals surface area contributed by atoms with Crippen LogP contribution in [0.1, 0.15) is 33.3 Å². The molecule has 136 valence electrons. The van der Waals surface area contributed by atoms with E-state index in [4.69, 9.17) is 38.4 Å². The van der Waals surface area contributed by atoms with Crippen LogP contribution in [0.25, 0.3) is 0 Å². The summed E-state index contributed by atoms with van der Waals surface area (Å²) in [4.78, 5) is 24.3. The van der Waals surface area contributed by atoms with Crippen molar-refractivity contribution in [3.63, 3.8) is 0 Å². The van der Waals surface area contributed by atoms with Crippen molar-refractivity contribution in [3.8, 4) is 6.07 Å². The third kappa shape index (κ3) is 4.47. The molecule has 0 atom stereocenters. The summed E-state index contributed by atoms with van der Waals surface area (Å²) < 4.78 is 10.1. The Hall–Kier alpha value is -2.27. The summed E-state index contributed by atoms with van der Waals surface area (Å²) in [5.41, 5.74) is 6.54. The molecule has 26 heavy (non-hydrogen) atoms. The quantitative estimate of drug-likeness (QED) is 0.719. The molecule has 2 rings (SSSR count). The number of rotatable bonds is 6. The maximum Gasteiger partial charge on any atom is 0.348 e. The fraction of sp³-hybridized carbons (Fsp3) is 0.235. The molecule has 0 spiro atoms. The fourth-order valence-corrected chi connectivity index (χ4v) is 3.60. The molecule has 6 nitrogen and oxygen atoms in total. The second-order valence-electron chi connectivity index (χ2n) is 5.02. The average molecular weight is 413 g/mol. The summed E-state index contributed by atoms with van der Waals surface area (Å²) in [5, 5.41) is 10.1. The van der Waals surface area contributed by atoms with Gasteiger partial charge in [-0.3, -0.25) is 4.79 Å². The number of nitriles is 1. The lowest BCUT2D eigenvalue weighted by atomic mass is 10.1. The van der Waals surface area contributed by atoms with Gasteiger partial charge < -0.3 is 15.2 Å². The van der Waals surface area contributed by atoms with E-state index in [0.717, 1.165) is 11.3 Å². The van der Waals surface area contributed by atoms with Crippen LogP contribution in [0.3, 0.4) is 0 Å². The first-order valence-corrected chi connectivity index (χ1v) is 9.03. The van der Waals surface area contributed by atoms with Crippen LogP contribution in [0.2, 0.25) is 10.0 Å². The third-order valence-electron chi connectivity index (χ3n) is 3.37. The molecule has 0 unspecified atom stereocenters. The van der Waals surface area contributed by atoms with Crippen LogP contribution in [0.5, 0.6) is 0 Å². The molecule has 0 radical (unpaired) electrons. The van der Waals surface area contributed by atoms with Crippen LogP contribution in [0.15, 0.2) is 18.2 Å². The van der Waals surface area contributed by atoms with Gasteiger partial charge in [0.15, 0.2) is 0 Å². The predicted molar refractivity (Wildman–Crippen MR) is 99.4 cm³/mol. The van der Waals surface area contributed by atoms with Gasteiger partial charge >= 0.3 is 11.9 Å². The van der Waals surface area contributed by atoms with E-state index in [-0.39, 0.29) is 40.6 Å². The van der Waals surface area contributed by atoms with E-state index in [1.165, 1.54) is 0 Å². The molecule has 2 N–H and O–H groups in total. The second-order valence-corrected chi connectivity index (χ2v) is 6.89. The maximum atomic E-state index is 12.1. The van der Waals surface area contributed by atoms with Gasteiger partial charge in [0.05, 0.1) is 18.6 Å². The Labute approximate surface area is 164 Å². The minimum Gasteiger partial charge on any atom is -0.462 e. The first kappa shape index (κ1) is 20.0. The minimum absolute atomic E-state index is 0.0987.